The lowest BCUT2D eigenvalue weighted by Gasteiger charge is -2.32. The van der Waals surface area contributed by atoms with Crippen LogP contribution in [-0.2, 0) is 19.2 Å². The summed E-state index contributed by atoms with van der Waals surface area (Å²) in [4.78, 5) is 50.0. The van der Waals surface area contributed by atoms with Crippen molar-refractivity contribution in [3.05, 3.63) is 30.3 Å². The van der Waals surface area contributed by atoms with Crippen molar-refractivity contribution in [2.75, 3.05) is 39.8 Å². The fourth-order valence-electron chi connectivity index (χ4n) is 2.82. The molecule has 1 aliphatic rings. The fourth-order valence-corrected chi connectivity index (χ4v) is 2.82. The number of hydrogen-bond acceptors (Lipinski definition) is 5. The Morgan fingerprint density at radius 2 is 1.96 bits per heavy atom. The summed E-state index contributed by atoms with van der Waals surface area (Å²) < 4.78 is 5.29. The van der Waals surface area contributed by atoms with Gasteiger partial charge in [0.1, 0.15) is 5.75 Å². The van der Waals surface area contributed by atoms with Gasteiger partial charge in [0.05, 0.1) is 19.0 Å². The first-order valence-corrected chi connectivity index (χ1v) is 9.06. The molecular formula is C19H25N3O6. The summed E-state index contributed by atoms with van der Waals surface area (Å²) in [6.45, 7) is 0.00628. The van der Waals surface area contributed by atoms with Crippen LogP contribution in [0.4, 0.5) is 0 Å². The number of nitrogens with zero attached hydrogens (tertiary/aromatic N) is 2. The number of hydrogen-bond donors (Lipinski definition) is 2. The van der Waals surface area contributed by atoms with Crippen LogP contribution in [-0.4, -0.2) is 78.4 Å². The first kappa shape index (κ1) is 21.2. The van der Waals surface area contributed by atoms with Gasteiger partial charge < -0.3 is 25.0 Å². The molecular weight excluding hydrogens is 366 g/mol. The van der Waals surface area contributed by atoms with E-state index in [9.17, 15) is 19.2 Å². The second-order valence-electron chi connectivity index (χ2n) is 6.65. The van der Waals surface area contributed by atoms with Crippen LogP contribution in [0.1, 0.15) is 12.8 Å². The van der Waals surface area contributed by atoms with E-state index in [2.05, 4.69) is 5.32 Å². The third-order valence-corrected chi connectivity index (χ3v) is 4.47. The number of aliphatic carboxylic acids is 1. The zero-order valence-electron chi connectivity index (χ0n) is 15.8. The Morgan fingerprint density at radius 3 is 2.64 bits per heavy atom. The Kier molecular flexibility index (Phi) is 7.79. The Balaban J connectivity index is 1.70. The van der Waals surface area contributed by atoms with E-state index in [0.29, 0.717) is 25.1 Å². The highest BCUT2D eigenvalue weighted by molar-refractivity contribution is 5.88. The van der Waals surface area contributed by atoms with Crippen molar-refractivity contribution in [2.45, 2.75) is 12.8 Å². The molecule has 1 aromatic carbocycles. The van der Waals surface area contributed by atoms with Crippen molar-refractivity contribution < 1.29 is 29.0 Å². The standard InChI is InChI=1S/C19H25N3O6/c1-21(12-18(25)22-9-5-6-14(11-22)19(26)27)17(24)10-20-16(23)13-28-15-7-3-2-4-8-15/h2-4,7-8,14H,5-6,9-13H2,1H3,(H,20,23)(H,26,27). The van der Waals surface area contributed by atoms with E-state index < -0.39 is 23.7 Å². The smallest absolute Gasteiger partial charge is 0.308 e. The quantitative estimate of drug-likeness (QED) is 0.643. The zero-order chi connectivity index (χ0) is 20.5. The van der Waals surface area contributed by atoms with Crippen molar-refractivity contribution in [3.63, 3.8) is 0 Å². The summed E-state index contributed by atoms with van der Waals surface area (Å²) in [6, 6.07) is 8.82. The Bertz CT molecular complexity index is 709. The first-order chi connectivity index (χ1) is 13.4. The lowest BCUT2D eigenvalue weighted by atomic mass is 9.98. The maximum atomic E-state index is 12.3. The van der Waals surface area contributed by atoms with Gasteiger partial charge in [0.25, 0.3) is 5.91 Å². The van der Waals surface area contributed by atoms with Crippen LogP contribution < -0.4 is 10.1 Å². The Hall–Kier alpha value is -3.10. The number of carboxylic acids is 1. The predicted molar refractivity (Wildman–Crippen MR) is 99.5 cm³/mol. The van der Waals surface area contributed by atoms with Crippen LogP contribution in [0.25, 0.3) is 0 Å². The molecule has 0 radical (unpaired) electrons. The van der Waals surface area contributed by atoms with Crippen molar-refractivity contribution in [2.24, 2.45) is 5.92 Å². The van der Waals surface area contributed by atoms with Gasteiger partial charge in [-0.3, -0.25) is 19.2 Å². The molecule has 0 spiro atoms. The lowest BCUT2D eigenvalue weighted by Crippen LogP contribution is -2.48. The van der Waals surface area contributed by atoms with E-state index >= 15 is 0 Å². The molecule has 2 rings (SSSR count). The van der Waals surface area contributed by atoms with Crippen molar-refractivity contribution in [1.29, 1.82) is 0 Å². The molecule has 152 valence electrons. The average molecular weight is 391 g/mol. The molecule has 0 aromatic heterocycles. The highest BCUT2D eigenvalue weighted by Gasteiger charge is 2.28. The van der Waals surface area contributed by atoms with Gasteiger partial charge in [-0.15, -0.1) is 0 Å². The van der Waals surface area contributed by atoms with Gasteiger partial charge in [-0.05, 0) is 25.0 Å². The molecule has 1 heterocycles. The SMILES string of the molecule is CN(CC(=O)N1CCCC(C(=O)O)C1)C(=O)CNC(=O)COc1ccccc1. The Labute approximate surface area is 163 Å². The van der Waals surface area contributed by atoms with Crippen LogP contribution >= 0.6 is 0 Å². The molecule has 1 saturated heterocycles. The maximum Gasteiger partial charge on any atom is 0.308 e. The average Bonchev–Trinajstić information content (AvgIpc) is 2.71. The third kappa shape index (κ3) is 6.57. The molecule has 0 bridgehead atoms. The number of ether oxygens (including phenoxy) is 1. The summed E-state index contributed by atoms with van der Waals surface area (Å²) in [7, 11) is 1.46. The number of rotatable bonds is 8. The van der Waals surface area contributed by atoms with Gasteiger partial charge in [0.2, 0.25) is 11.8 Å². The van der Waals surface area contributed by atoms with Crippen molar-refractivity contribution in [3.8, 4) is 5.75 Å². The van der Waals surface area contributed by atoms with Gasteiger partial charge >= 0.3 is 5.97 Å². The highest BCUT2D eigenvalue weighted by Crippen LogP contribution is 2.16. The predicted octanol–water partition coefficient (Wildman–Crippen LogP) is -0.0368. The highest BCUT2D eigenvalue weighted by atomic mass is 16.5. The molecule has 0 saturated carbocycles. The zero-order valence-corrected chi connectivity index (χ0v) is 15.8. The van der Waals surface area contributed by atoms with Gasteiger partial charge in [-0.1, -0.05) is 18.2 Å². The number of carbonyl (C=O) groups is 4. The van der Waals surface area contributed by atoms with Crippen molar-refractivity contribution in [1.82, 2.24) is 15.1 Å². The molecule has 0 aliphatic carbocycles. The third-order valence-electron chi connectivity index (χ3n) is 4.47. The number of carbonyl (C=O) groups excluding carboxylic acids is 3. The molecule has 1 aliphatic heterocycles. The van der Waals surface area contributed by atoms with Gasteiger partial charge in [-0.2, -0.15) is 0 Å². The summed E-state index contributed by atoms with van der Waals surface area (Å²) in [5.41, 5.74) is 0. The molecule has 1 aromatic rings. The van der Waals surface area contributed by atoms with E-state index in [-0.39, 0.29) is 32.1 Å². The fraction of sp³-hybridized carbons (Fsp3) is 0.474. The minimum atomic E-state index is -0.914. The topological polar surface area (TPSA) is 116 Å². The van der Waals surface area contributed by atoms with Crippen molar-refractivity contribution >= 4 is 23.7 Å². The number of likely N-dealkylation sites (tertiary alicyclic amines) is 1. The van der Waals surface area contributed by atoms with E-state index in [0.717, 1.165) is 0 Å². The number of benzene rings is 1. The van der Waals surface area contributed by atoms with E-state index in [1.807, 2.05) is 6.07 Å². The van der Waals surface area contributed by atoms with Gasteiger partial charge in [0.15, 0.2) is 6.61 Å². The number of likely N-dealkylation sites (N-methyl/N-ethyl adjacent to an activating group) is 1. The number of para-hydroxylation sites is 1. The second-order valence-corrected chi connectivity index (χ2v) is 6.65. The molecule has 2 N–H and O–H groups in total. The minimum Gasteiger partial charge on any atom is -0.484 e. The largest absolute Gasteiger partial charge is 0.484 e. The summed E-state index contributed by atoms with van der Waals surface area (Å²) in [5.74, 6) is -2.11. The summed E-state index contributed by atoms with van der Waals surface area (Å²) in [5, 5.41) is 11.5. The van der Waals surface area contributed by atoms with E-state index in [1.165, 1.54) is 16.8 Å². The Morgan fingerprint density at radius 1 is 1.25 bits per heavy atom. The molecule has 1 atom stereocenters. The van der Waals surface area contributed by atoms with Crippen LogP contribution in [0.15, 0.2) is 30.3 Å². The molecule has 3 amide bonds. The maximum absolute atomic E-state index is 12.3. The van der Waals surface area contributed by atoms with E-state index in [1.54, 1.807) is 24.3 Å². The molecule has 9 nitrogen and oxygen atoms in total. The molecule has 1 unspecified atom stereocenters. The van der Waals surface area contributed by atoms with Crippen LogP contribution in [0.5, 0.6) is 5.75 Å². The van der Waals surface area contributed by atoms with Crippen LogP contribution in [0, 0.1) is 5.92 Å². The number of nitrogens with one attached hydrogen (secondary N) is 1. The summed E-state index contributed by atoms with van der Waals surface area (Å²) in [6.07, 6.45) is 1.17. The number of amides is 3. The lowest BCUT2D eigenvalue weighted by molar-refractivity contribution is -0.147. The van der Waals surface area contributed by atoms with Gasteiger partial charge in [0, 0.05) is 20.1 Å². The summed E-state index contributed by atoms with van der Waals surface area (Å²) >= 11 is 0. The number of carboxylic acid groups (broad SMARTS) is 1. The second kappa shape index (κ2) is 10.3. The van der Waals surface area contributed by atoms with E-state index in [4.69, 9.17) is 9.84 Å². The molecule has 28 heavy (non-hydrogen) atoms. The van der Waals surface area contributed by atoms with Gasteiger partial charge in [-0.25, -0.2) is 0 Å². The normalized spacial score (nSPS) is 16.2. The first-order valence-electron chi connectivity index (χ1n) is 9.06. The van der Waals surface area contributed by atoms with Crippen LogP contribution in [0.2, 0.25) is 0 Å². The monoisotopic (exact) mass is 391 g/mol. The minimum absolute atomic E-state index is 0.157. The number of piperidine rings is 1. The van der Waals surface area contributed by atoms with Crippen LogP contribution in [0.3, 0.4) is 0 Å². The molecule has 1 fully saturated rings. The molecule has 9 heteroatoms.